The predicted octanol–water partition coefficient (Wildman–Crippen LogP) is -0.376. The van der Waals surface area contributed by atoms with Crippen LogP contribution in [0.4, 0.5) is 0 Å². The highest BCUT2D eigenvalue weighted by molar-refractivity contribution is 8.03. The van der Waals surface area contributed by atoms with E-state index in [4.69, 9.17) is 5.14 Å². The zero-order valence-electron chi connectivity index (χ0n) is 7.28. The molecule has 0 unspecified atom stereocenters. The number of rotatable bonds is 6. The molecular weight excluding hydrogens is 216 g/mol. The fourth-order valence-corrected chi connectivity index (χ4v) is 3.01. The van der Waals surface area contributed by atoms with Gasteiger partial charge in [0.1, 0.15) is 0 Å². The monoisotopic (exact) mass is 229 g/mol. The molecule has 0 bridgehead atoms. The molecule has 13 heavy (non-hydrogen) atoms. The van der Waals surface area contributed by atoms with Crippen molar-refractivity contribution >= 4 is 20.2 Å². The Morgan fingerprint density at radius 1 is 1.15 bits per heavy atom. The molecule has 0 aromatic heterocycles. The van der Waals surface area contributed by atoms with E-state index in [2.05, 4.69) is 0 Å². The molecule has 0 aromatic carbocycles. The predicted molar refractivity (Wildman–Crippen MR) is 48.5 cm³/mol. The summed E-state index contributed by atoms with van der Waals surface area (Å²) in [6, 6.07) is 0. The van der Waals surface area contributed by atoms with Crippen molar-refractivity contribution < 1.29 is 16.8 Å². The quantitative estimate of drug-likeness (QED) is 0.627. The number of sulfonamides is 1. The van der Waals surface area contributed by atoms with Crippen molar-refractivity contribution in [3.8, 4) is 0 Å². The Hall–Kier alpha value is -0.180. The van der Waals surface area contributed by atoms with Crippen LogP contribution >= 0.6 is 0 Å². The van der Waals surface area contributed by atoms with Gasteiger partial charge < -0.3 is 0 Å². The van der Waals surface area contributed by atoms with E-state index in [0.29, 0.717) is 6.42 Å². The van der Waals surface area contributed by atoms with Gasteiger partial charge in [0.25, 0.3) is 0 Å². The van der Waals surface area contributed by atoms with E-state index in [1.54, 1.807) is 0 Å². The lowest BCUT2D eigenvalue weighted by Gasteiger charge is -2.02. The molecule has 2 N–H and O–H groups in total. The Kier molecular flexibility index (Phi) is 4.82. The van der Waals surface area contributed by atoms with Crippen LogP contribution < -0.4 is 9.27 Å². The highest BCUT2D eigenvalue weighted by Gasteiger charge is 2.16. The Bertz CT molecular complexity index is 332. The SMILES string of the molecule is CCCCCS(=O)(=O)NS([NH])(=O)=O. The molecule has 0 saturated carbocycles. The highest BCUT2D eigenvalue weighted by Crippen LogP contribution is 1.98. The Labute approximate surface area is 78.7 Å². The summed E-state index contributed by atoms with van der Waals surface area (Å²) in [6.45, 7) is 1.90. The van der Waals surface area contributed by atoms with Gasteiger partial charge in [-0.05, 0) is 6.42 Å². The maximum atomic E-state index is 10.9. The summed E-state index contributed by atoms with van der Waals surface area (Å²) in [5, 5.41) is 6.35. The molecule has 0 fully saturated rings. The van der Waals surface area contributed by atoms with E-state index >= 15 is 0 Å². The largest absolute Gasteiger partial charge is 0.303 e. The first-order valence-corrected chi connectivity index (χ1v) is 6.91. The van der Waals surface area contributed by atoms with E-state index < -0.39 is 20.2 Å². The first-order valence-electron chi connectivity index (χ1n) is 3.77. The first-order chi connectivity index (χ1) is 5.77. The standard InChI is InChI=1S/C5H13N2O4S2/c1-2-3-4-5-12(8,9)7-13(6,10)11/h6-7H,2-5H2,1H3. The lowest BCUT2D eigenvalue weighted by Crippen LogP contribution is -2.32. The maximum Gasteiger partial charge on any atom is 0.303 e. The number of hydrogen-bond donors (Lipinski definition) is 1. The van der Waals surface area contributed by atoms with E-state index in [-0.39, 0.29) is 5.75 Å². The van der Waals surface area contributed by atoms with Crippen molar-refractivity contribution in [1.29, 1.82) is 0 Å². The van der Waals surface area contributed by atoms with Gasteiger partial charge in [0.05, 0.1) is 5.75 Å². The summed E-state index contributed by atoms with van der Waals surface area (Å²) in [6.07, 6.45) is 1.98. The number of unbranched alkanes of at least 4 members (excludes halogenated alkanes) is 2. The second-order valence-corrected chi connectivity index (χ2v) is 5.92. The molecule has 0 atom stereocenters. The third kappa shape index (κ3) is 8.16. The molecule has 0 heterocycles. The Morgan fingerprint density at radius 2 is 1.69 bits per heavy atom. The smallest absolute Gasteiger partial charge is 0.211 e. The fraction of sp³-hybridized carbons (Fsp3) is 1.00. The molecule has 8 heteroatoms. The van der Waals surface area contributed by atoms with Gasteiger partial charge in [0.2, 0.25) is 10.0 Å². The van der Waals surface area contributed by atoms with Crippen LogP contribution in [0, 0.1) is 0 Å². The minimum Gasteiger partial charge on any atom is -0.211 e. The Balaban J connectivity index is 4.12. The van der Waals surface area contributed by atoms with Crippen molar-refractivity contribution in [2.75, 3.05) is 5.75 Å². The lowest BCUT2D eigenvalue weighted by atomic mass is 10.3. The lowest BCUT2D eigenvalue weighted by molar-refractivity contribution is 0.574. The van der Waals surface area contributed by atoms with Gasteiger partial charge >= 0.3 is 10.2 Å². The van der Waals surface area contributed by atoms with Crippen molar-refractivity contribution in [3.05, 3.63) is 0 Å². The van der Waals surface area contributed by atoms with Crippen LogP contribution in [0.15, 0.2) is 0 Å². The van der Waals surface area contributed by atoms with Gasteiger partial charge in [-0.25, -0.2) is 8.42 Å². The van der Waals surface area contributed by atoms with E-state index in [1.807, 2.05) is 6.92 Å². The molecular formula is C5H13N2O4S2. The zero-order chi connectivity index (χ0) is 10.5. The minimum absolute atomic E-state index is 0.251. The molecule has 0 aliphatic carbocycles. The van der Waals surface area contributed by atoms with E-state index in [1.165, 1.54) is 4.13 Å². The molecule has 79 valence electrons. The second kappa shape index (κ2) is 4.89. The number of hydrogen-bond acceptors (Lipinski definition) is 4. The van der Waals surface area contributed by atoms with E-state index in [9.17, 15) is 16.8 Å². The van der Waals surface area contributed by atoms with Crippen LogP contribution in [0.3, 0.4) is 0 Å². The van der Waals surface area contributed by atoms with Crippen LogP contribution in [0.2, 0.25) is 0 Å². The average Bonchev–Trinajstić information content (AvgIpc) is 1.81. The van der Waals surface area contributed by atoms with Crippen molar-refractivity contribution in [3.63, 3.8) is 0 Å². The summed E-state index contributed by atoms with van der Waals surface area (Å²) < 4.78 is 43.6. The second-order valence-electron chi connectivity index (χ2n) is 2.61. The van der Waals surface area contributed by atoms with E-state index in [0.717, 1.165) is 12.8 Å². The minimum atomic E-state index is -4.41. The van der Waals surface area contributed by atoms with Crippen LogP contribution in [0.1, 0.15) is 26.2 Å². The molecule has 0 aliphatic rings. The number of nitrogens with one attached hydrogen (secondary N) is 2. The summed E-state index contributed by atoms with van der Waals surface area (Å²) in [5.74, 6) is -0.251. The Morgan fingerprint density at radius 3 is 2.08 bits per heavy atom. The van der Waals surface area contributed by atoms with Gasteiger partial charge in [0.15, 0.2) is 0 Å². The van der Waals surface area contributed by atoms with Crippen molar-refractivity contribution in [1.82, 2.24) is 9.27 Å². The topological polar surface area (TPSA) is 104 Å². The fourth-order valence-electron chi connectivity index (χ4n) is 0.751. The van der Waals surface area contributed by atoms with Gasteiger partial charge in [0, 0.05) is 0 Å². The molecule has 1 radical (unpaired) electrons. The molecule has 6 nitrogen and oxygen atoms in total. The van der Waals surface area contributed by atoms with Crippen molar-refractivity contribution in [2.24, 2.45) is 0 Å². The third-order valence-corrected chi connectivity index (χ3v) is 3.97. The summed E-state index contributed by atoms with van der Waals surface area (Å²) in [7, 11) is -8.24. The van der Waals surface area contributed by atoms with Crippen LogP contribution in [0.5, 0.6) is 0 Å². The van der Waals surface area contributed by atoms with Gasteiger partial charge in [-0.1, -0.05) is 23.9 Å². The zero-order valence-corrected chi connectivity index (χ0v) is 8.91. The maximum absolute atomic E-state index is 10.9. The van der Waals surface area contributed by atoms with Gasteiger partial charge in [-0.2, -0.15) is 8.42 Å². The van der Waals surface area contributed by atoms with Gasteiger partial charge in [-0.3, -0.25) is 0 Å². The third-order valence-electron chi connectivity index (χ3n) is 1.25. The molecule has 0 amide bonds. The summed E-state index contributed by atoms with van der Waals surface area (Å²) >= 11 is 0. The summed E-state index contributed by atoms with van der Waals surface area (Å²) in [4.78, 5) is 0. The van der Waals surface area contributed by atoms with Crippen LogP contribution in [-0.2, 0) is 20.2 Å². The van der Waals surface area contributed by atoms with Crippen LogP contribution in [-0.4, -0.2) is 22.6 Å². The highest BCUT2D eigenvalue weighted by atomic mass is 32.3. The molecule has 0 saturated heterocycles. The molecule has 0 rings (SSSR count). The van der Waals surface area contributed by atoms with Gasteiger partial charge in [-0.15, -0.1) is 5.14 Å². The van der Waals surface area contributed by atoms with Crippen LogP contribution in [0.25, 0.3) is 0 Å². The molecule has 0 spiro atoms. The molecule has 0 aromatic rings. The first kappa shape index (κ1) is 12.8. The summed E-state index contributed by atoms with van der Waals surface area (Å²) in [5.41, 5.74) is 0. The normalized spacial score (nSPS) is 13.1. The van der Waals surface area contributed by atoms with Crippen molar-refractivity contribution in [2.45, 2.75) is 26.2 Å². The average molecular weight is 229 g/mol. The molecule has 0 aliphatic heterocycles.